The number of methoxy groups -OCH3 is 3. The summed E-state index contributed by atoms with van der Waals surface area (Å²) in [5.74, 6) is 2.45. The summed E-state index contributed by atoms with van der Waals surface area (Å²) in [5, 5.41) is 17.9. The third-order valence-electron chi connectivity index (χ3n) is 8.23. The lowest BCUT2D eigenvalue weighted by molar-refractivity contribution is -0.168. The molecule has 234 valence electrons. The molecular formula is C32H39N5O7. The fourth-order valence-electron chi connectivity index (χ4n) is 6.28. The van der Waals surface area contributed by atoms with Gasteiger partial charge >= 0.3 is 0 Å². The van der Waals surface area contributed by atoms with Crippen LogP contribution in [0.1, 0.15) is 43.6 Å². The predicted molar refractivity (Wildman–Crippen MR) is 164 cm³/mol. The number of aliphatic hydroxyl groups is 1. The summed E-state index contributed by atoms with van der Waals surface area (Å²) < 4.78 is 35.5. The number of ether oxygens (including phenoxy) is 5. The first kappa shape index (κ1) is 29.9. The molecule has 3 unspecified atom stereocenters. The SMILES string of the molecule is COc1cc(CNc2nc(C)c(-c3cc4cc(OC)nc(C)c4o3)c(NC34CCC(CO)C3OC(C)(C)O4)n2)cc(OC)c1. The van der Waals surface area contributed by atoms with Crippen LogP contribution >= 0.6 is 0 Å². The maximum absolute atomic E-state index is 10.1. The second-order valence-corrected chi connectivity index (χ2v) is 11.7. The monoisotopic (exact) mass is 605 g/mol. The lowest BCUT2D eigenvalue weighted by atomic mass is 10.0. The normalized spacial score (nSPS) is 22.2. The van der Waals surface area contributed by atoms with Crippen molar-refractivity contribution < 1.29 is 33.2 Å². The maximum atomic E-state index is 10.1. The highest BCUT2D eigenvalue weighted by Gasteiger charge is 2.60. The van der Waals surface area contributed by atoms with Crippen molar-refractivity contribution >= 4 is 22.7 Å². The van der Waals surface area contributed by atoms with Crippen molar-refractivity contribution in [2.75, 3.05) is 38.6 Å². The van der Waals surface area contributed by atoms with E-state index >= 15 is 0 Å². The molecular weight excluding hydrogens is 566 g/mol. The van der Waals surface area contributed by atoms with Gasteiger partial charge in [-0.25, -0.2) is 9.97 Å². The summed E-state index contributed by atoms with van der Waals surface area (Å²) >= 11 is 0. The lowest BCUT2D eigenvalue weighted by Gasteiger charge is -2.31. The molecule has 12 heteroatoms. The van der Waals surface area contributed by atoms with E-state index in [1.54, 1.807) is 21.3 Å². The first-order chi connectivity index (χ1) is 21.1. The number of aryl methyl sites for hydroxylation is 2. The Morgan fingerprint density at radius 1 is 0.955 bits per heavy atom. The number of nitrogens with one attached hydrogen (secondary N) is 2. The van der Waals surface area contributed by atoms with Crippen molar-refractivity contribution in [3.63, 3.8) is 0 Å². The number of aromatic nitrogens is 3. The molecule has 2 aliphatic rings. The standard InChI is InChI=1S/C32H39N5O7/c1-17-26(24-12-21-13-25(41-7)34-18(2)27(21)42-24)29(37-32-9-8-20(16-38)28(32)43-31(3,4)44-32)36-30(35-17)33-15-19-10-22(39-5)14-23(11-19)40-6/h10-14,20,28,38H,8-9,15-16H2,1-7H3,(H2,33,35,36,37). The van der Waals surface area contributed by atoms with Crippen molar-refractivity contribution in [2.45, 2.75) is 64.7 Å². The van der Waals surface area contributed by atoms with Crippen LogP contribution in [0.25, 0.3) is 22.3 Å². The van der Waals surface area contributed by atoms with Gasteiger partial charge in [0.1, 0.15) is 29.2 Å². The molecule has 1 saturated carbocycles. The van der Waals surface area contributed by atoms with Crippen LogP contribution in [-0.2, 0) is 16.0 Å². The number of nitrogens with zero attached hydrogens (tertiary/aromatic N) is 3. The van der Waals surface area contributed by atoms with E-state index in [4.69, 9.17) is 38.1 Å². The second-order valence-electron chi connectivity index (χ2n) is 11.7. The molecule has 6 rings (SSSR count). The average molecular weight is 606 g/mol. The van der Waals surface area contributed by atoms with Gasteiger partial charge in [-0.05, 0) is 64.3 Å². The van der Waals surface area contributed by atoms with Crippen molar-refractivity contribution in [3.05, 3.63) is 47.3 Å². The molecule has 2 fully saturated rings. The van der Waals surface area contributed by atoms with Gasteiger partial charge in [0.15, 0.2) is 17.1 Å². The topological polar surface area (TPSA) is 142 Å². The van der Waals surface area contributed by atoms with Crippen LogP contribution in [0.4, 0.5) is 11.8 Å². The number of hydrogen-bond acceptors (Lipinski definition) is 12. The number of benzene rings is 1. The molecule has 3 aromatic heterocycles. The predicted octanol–water partition coefficient (Wildman–Crippen LogP) is 5.20. The second kappa shape index (κ2) is 11.4. The minimum atomic E-state index is -0.906. The van der Waals surface area contributed by atoms with Gasteiger partial charge < -0.3 is 43.8 Å². The highest BCUT2D eigenvalue weighted by molar-refractivity contribution is 5.88. The molecule has 12 nitrogen and oxygen atoms in total. The molecule has 0 bridgehead atoms. The number of anilines is 2. The lowest BCUT2D eigenvalue weighted by Crippen LogP contribution is -2.46. The van der Waals surface area contributed by atoms with Gasteiger partial charge in [-0.2, -0.15) is 4.98 Å². The molecule has 1 aromatic carbocycles. The van der Waals surface area contributed by atoms with Gasteiger partial charge in [0.05, 0.1) is 38.3 Å². The van der Waals surface area contributed by atoms with Crippen LogP contribution in [0.3, 0.4) is 0 Å². The smallest absolute Gasteiger partial charge is 0.225 e. The Kier molecular flexibility index (Phi) is 7.76. The van der Waals surface area contributed by atoms with E-state index in [1.807, 2.05) is 58.0 Å². The van der Waals surface area contributed by atoms with Crippen LogP contribution in [0.5, 0.6) is 17.4 Å². The third-order valence-corrected chi connectivity index (χ3v) is 8.23. The number of pyridine rings is 1. The summed E-state index contributed by atoms with van der Waals surface area (Å²) in [5.41, 5.74) is 2.76. The molecule has 0 radical (unpaired) electrons. The van der Waals surface area contributed by atoms with Gasteiger partial charge in [-0.15, -0.1) is 0 Å². The summed E-state index contributed by atoms with van der Waals surface area (Å²) in [6, 6.07) is 9.46. The first-order valence-electron chi connectivity index (χ1n) is 14.6. The highest BCUT2D eigenvalue weighted by Crippen LogP contribution is 2.50. The Bertz CT molecular complexity index is 1670. The molecule has 1 aliphatic carbocycles. The van der Waals surface area contributed by atoms with Crippen molar-refractivity contribution in [1.29, 1.82) is 0 Å². The van der Waals surface area contributed by atoms with E-state index in [1.165, 1.54) is 0 Å². The summed E-state index contributed by atoms with van der Waals surface area (Å²) in [7, 11) is 4.83. The number of hydrogen-bond donors (Lipinski definition) is 3. The quantitative estimate of drug-likeness (QED) is 0.219. The minimum Gasteiger partial charge on any atom is -0.497 e. The average Bonchev–Trinajstić information content (AvgIpc) is 3.64. The van der Waals surface area contributed by atoms with E-state index < -0.39 is 11.5 Å². The first-order valence-corrected chi connectivity index (χ1v) is 14.6. The number of rotatable bonds is 10. The largest absolute Gasteiger partial charge is 0.497 e. The van der Waals surface area contributed by atoms with Gasteiger partial charge in [-0.3, -0.25) is 0 Å². The van der Waals surface area contributed by atoms with Gasteiger partial charge in [0.25, 0.3) is 0 Å². The summed E-state index contributed by atoms with van der Waals surface area (Å²) in [6.45, 7) is 7.98. The summed E-state index contributed by atoms with van der Waals surface area (Å²) in [4.78, 5) is 14.2. The molecule has 1 aliphatic heterocycles. The Labute approximate surface area is 256 Å². The maximum Gasteiger partial charge on any atom is 0.225 e. The molecule has 4 aromatic rings. The van der Waals surface area contributed by atoms with Gasteiger partial charge in [0.2, 0.25) is 11.8 Å². The van der Waals surface area contributed by atoms with Crippen molar-refractivity contribution in [2.24, 2.45) is 5.92 Å². The van der Waals surface area contributed by atoms with Crippen molar-refractivity contribution in [1.82, 2.24) is 15.0 Å². The van der Waals surface area contributed by atoms with E-state index in [-0.39, 0.29) is 18.6 Å². The summed E-state index contributed by atoms with van der Waals surface area (Å²) in [6.07, 6.45) is 0.987. The zero-order valence-corrected chi connectivity index (χ0v) is 26.1. The van der Waals surface area contributed by atoms with Crippen LogP contribution in [0.15, 0.2) is 34.7 Å². The molecule has 0 spiro atoms. The van der Waals surface area contributed by atoms with Gasteiger partial charge in [0, 0.05) is 36.6 Å². The van der Waals surface area contributed by atoms with E-state index in [0.717, 1.165) is 17.4 Å². The molecule has 0 amide bonds. The number of aliphatic hydroxyl groups excluding tert-OH is 1. The van der Waals surface area contributed by atoms with Crippen LogP contribution in [-0.4, -0.2) is 65.6 Å². The van der Waals surface area contributed by atoms with Crippen LogP contribution in [0, 0.1) is 19.8 Å². The third kappa shape index (κ3) is 5.49. The van der Waals surface area contributed by atoms with Crippen LogP contribution in [0.2, 0.25) is 0 Å². The minimum absolute atomic E-state index is 0.00230. The Morgan fingerprint density at radius 2 is 1.70 bits per heavy atom. The van der Waals surface area contributed by atoms with E-state index in [0.29, 0.717) is 70.4 Å². The fourth-order valence-corrected chi connectivity index (χ4v) is 6.28. The van der Waals surface area contributed by atoms with Crippen LogP contribution < -0.4 is 24.8 Å². The van der Waals surface area contributed by atoms with Gasteiger partial charge in [-0.1, -0.05) is 0 Å². The molecule has 3 N–H and O–H groups in total. The zero-order valence-electron chi connectivity index (χ0n) is 26.1. The fraction of sp³-hybridized carbons (Fsp3) is 0.469. The molecule has 1 saturated heterocycles. The number of furan rings is 1. The van der Waals surface area contributed by atoms with E-state index in [9.17, 15) is 5.11 Å². The van der Waals surface area contributed by atoms with Crippen molar-refractivity contribution in [3.8, 4) is 28.7 Å². The van der Waals surface area contributed by atoms with E-state index in [2.05, 4.69) is 15.6 Å². The Hall–Kier alpha value is -4.13. The Morgan fingerprint density at radius 3 is 2.39 bits per heavy atom. The number of fused-ring (bicyclic) bond motifs is 2. The Balaban J connectivity index is 1.42. The molecule has 44 heavy (non-hydrogen) atoms. The highest BCUT2D eigenvalue weighted by atomic mass is 16.8. The molecule has 3 atom stereocenters. The molecule has 4 heterocycles. The zero-order chi connectivity index (χ0) is 31.2.